The Morgan fingerprint density at radius 2 is 1.59 bits per heavy atom. The van der Waals surface area contributed by atoms with Crippen LogP contribution in [0.2, 0.25) is 0 Å². The molecule has 0 atom stereocenters. The molecule has 140 valence electrons. The summed E-state index contributed by atoms with van der Waals surface area (Å²) in [7, 11) is 0. The van der Waals surface area contributed by atoms with E-state index < -0.39 is 0 Å². The molecule has 0 amide bonds. The summed E-state index contributed by atoms with van der Waals surface area (Å²) in [6.07, 6.45) is 5.93. The van der Waals surface area contributed by atoms with Crippen LogP contribution in [-0.4, -0.2) is 24.6 Å². The first-order valence-corrected chi connectivity index (χ1v) is 9.90. The van der Waals surface area contributed by atoms with Gasteiger partial charge >= 0.3 is 0 Å². The molecule has 0 unspecified atom stereocenters. The fourth-order valence-corrected chi connectivity index (χ4v) is 4.32. The Labute approximate surface area is 159 Å². The highest BCUT2D eigenvalue weighted by Crippen LogP contribution is 2.45. The molecule has 0 saturated heterocycles. The lowest BCUT2D eigenvalue weighted by Gasteiger charge is -2.44. The van der Waals surface area contributed by atoms with Crippen molar-refractivity contribution in [1.29, 1.82) is 0 Å². The van der Waals surface area contributed by atoms with Crippen molar-refractivity contribution >= 4 is 17.2 Å². The van der Waals surface area contributed by atoms with Crippen molar-refractivity contribution in [3.8, 4) is 11.5 Å². The molecule has 0 bridgehead atoms. The van der Waals surface area contributed by atoms with Crippen molar-refractivity contribution < 1.29 is 9.47 Å². The molecule has 3 aliphatic rings. The van der Waals surface area contributed by atoms with Crippen LogP contribution in [0.15, 0.2) is 47.5 Å². The highest BCUT2D eigenvalue weighted by atomic mass is 16.6. The van der Waals surface area contributed by atoms with E-state index in [0.29, 0.717) is 19.8 Å². The van der Waals surface area contributed by atoms with Crippen LogP contribution in [0.25, 0.3) is 0 Å². The molecule has 1 fully saturated rings. The number of nitrogens with one attached hydrogen (secondary N) is 2. The summed E-state index contributed by atoms with van der Waals surface area (Å²) in [5.74, 6) is 2.68. The predicted molar refractivity (Wildman–Crippen MR) is 108 cm³/mol. The van der Waals surface area contributed by atoms with Gasteiger partial charge in [-0.25, -0.2) is 0 Å². The van der Waals surface area contributed by atoms with Gasteiger partial charge in [0.15, 0.2) is 11.5 Å². The van der Waals surface area contributed by atoms with Gasteiger partial charge in [-0.3, -0.25) is 4.99 Å². The zero-order chi connectivity index (χ0) is 18.1. The molecule has 2 aromatic rings. The highest BCUT2D eigenvalue weighted by molar-refractivity contribution is 6.10. The molecule has 5 nitrogen and oxygen atoms in total. The van der Waals surface area contributed by atoms with Gasteiger partial charge in [0.2, 0.25) is 0 Å². The molecule has 0 aromatic heterocycles. The number of aliphatic imine (C=N–C) groups is 1. The number of nitrogens with zero attached hydrogens (tertiary/aromatic N) is 1. The lowest BCUT2D eigenvalue weighted by atomic mass is 9.79. The fourth-order valence-electron chi connectivity index (χ4n) is 4.32. The molecular formula is C22H25N3O2. The molecule has 1 aliphatic carbocycles. The topological polar surface area (TPSA) is 54.9 Å². The third-order valence-electron chi connectivity index (χ3n) is 5.73. The van der Waals surface area contributed by atoms with E-state index in [0.717, 1.165) is 41.6 Å². The number of ether oxygens (including phenoxy) is 2. The summed E-state index contributed by atoms with van der Waals surface area (Å²) in [6, 6.07) is 14.5. The maximum Gasteiger partial charge on any atom is 0.163 e. The van der Waals surface area contributed by atoms with E-state index in [9.17, 15) is 0 Å². The van der Waals surface area contributed by atoms with Gasteiger partial charge in [-0.1, -0.05) is 49.6 Å². The van der Waals surface area contributed by atoms with E-state index >= 15 is 0 Å². The van der Waals surface area contributed by atoms with Crippen LogP contribution >= 0.6 is 0 Å². The second-order valence-corrected chi connectivity index (χ2v) is 7.58. The maximum atomic E-state index is 5.77. The number of hydrogen-bond acceptors (Lipinski definition) is 4. The van der Waals surface area contributed by atoms with Crippen LogP contribution in [-0.2, 0) is 6.54 Å². The number of hydrogen-bond donors (Lipinski definition) is 2. The van der Waals surface area contributed by atoms with Gasteiger partial charge in [0, 0.05) is 12.1 Å². The summed E-state index contributed by atoms with van der Waals surface area (Å²) < 4.78 is 11.5. The number of rotatable bonds is 2. The predicted octanol–water partition coefficient (Wildman–Crippen LogP) is 4.60. The number of fused-ring (bicyclic) bond motifs is 2. The minimum atomic E-state index is -0.107. The fraction of sp³-hybridized carbons (Fsp3) is 0.409. The minimum absolute atomic E-state index is 0.107. The van der Waals surface area contributed by atoms with Gasteiger partial charge in [0.25, 0.3) is 0 Å². The Morgan fingerprint density at radius 3 is 2.33 bits per heavy atom. The molecule has 5 rings (SSSR count). The van der Waals surface area contributed by atoms with Crippen molar-refractivity contribution in [2.24, 2.45) is 4.99 Å². The molecule has 27 heavy (non-hydrogen) atoms. The first-order chi connectivity index (χ1) is 13.3. The van der Waals surface area contributed by atoms with Gasteiger partial charge in [-0.2, -0.15) is 0 Å². The van der Waals surface area contributed by atoms with E-state index in [2.05, 4.69) is 41.0 Å². The Bertz CT molecular complexity index is 857. The van der Waals surface area contributed by atoms with Crippen molar-refractivity contribution in [3.63, 3.8) is 0 Å². The second kappa shape index (κ2) is 6.80. The monoisotopic (exact) mass is 363 g/mol. The smallest absolute Gasteiger partial charge is 0.163 e. The SMILES string of the molecule is c1ccc(CN=C2Nc3cc4c(cc3NC23CCCCC3)OCCO4)cc1. The third kappa shape index (κ3) is 3.11. The van der Waals surface area contributed by atoms with Crippen LogP contribution in [0.5, 0.6) is 11.5 Å². The standard InChI is InChI=1S/C22H25N3O2/c1-3-7-16(8-4-1)15-23-21-22(9-5-2-6-10-22)25-18-14-20-19(13-17(18)24-21)26-11-12-27-20/h1,3-4,7-8,13-14,25H,2,5-6,9-12,15H2,(H,23,24). The number of amidine groups is 1. The zero-order valence-corrected chi connectivity index (χ0v) is 15.5. The second-order valence-electron chi connectivity index (χ2n) is 7.58. The van der Waals surface area contributed by atoms with Gasteiger partial charge in [0.1, 0.15) is 19.0 Å². The number of benzene rings is 2. The van der Waals surface area contributed by atoms with Crippen molar-refractivity contribution in [2.75, 3.05) is 23.8 Å². The van der Waals surface area contributed by atoms with Crippen molar-refractivity contribution in [1.82, 2.24) is 0 Å². The summed E-state index contributed by atoms with van der Waals surface area (Å²) in [6.45, 7) is 1.89. The lowest BCUT2D eigenvalue weighted by Crippen LogP contribution is -2.53. The Hall–Kier alpha value is -2.69. The molecule has 5 heteroatoms. The molecule has 1 saturated carbocycles. The molecule has 2 heterocycles. The maximum absolute atomic E-state index is 5.77. The summed E-state index contributed by atoms with van der Waals surface area (Å²) in [4.78, 5) is 5.01. The van der Waals surface area contributed by atoms with Crippen LogP contribution in [0.3, 0.4) is 0 Å². The molecule has 2 aliphatic heterocycles. The molecule has 2 aromatic carbocycles. The molecule has 0 radical (unpaired) electrons. The van der Waals surface area contributed by atoms with Crippen molar-refractivity contribution in [2.45, 2.75) is 44.2 Å². The van der Waals surface area contributed by atoms with Crippen LogP contribution < -0.4 is 20.1 Å². The first-order valence-electron chi connectivity index (χ1n) is 9.90. The average Bonchev–Trinajstić information content (AvgIpc) is 2.72. The number of anilines is 2. The molecule has 1 spiro atoms. The first kappa shape index (κ1) is 16.5. The van der Waals surface area contributed by atoms with Gasteiger partial charge in [-0.15, -0.1) is 0 Å². The van der Waals surface area contributed by atoms with E-state index in [1.807, 2.05) is 12.1 Å². The van der Waals surface area contributed by atoms with Crippen LogP contribution in [0.1, 0.15) is 37.7 Å². The van der Waals surface area contributed by atoms with E-state index in [1.165, 1.54) is 24.8 Å². The van der Waals surface area contributed by atoms with E-state index in [4.69, 9.17) is 14.5 Å². The normalized spacial score (nSPS) is 21.3. The average molecular weight is 363 g/mol. The Morgan fingerprint density at radius 1 is 0.889 bits per heavy atom. The molecular weight excluding hydrogens is 338 g/mol. The summed E-state index contributed by atoms with van der Waals surface area (Å²) >= 11 is 0. The van der Waals surface area contributed by atoms with Gasteiger partial charge in [0.05, 0.1) is 23.5 Å². The molecule has 2 N–H and O–H groups in total. The van der Waals surface area contributed by atoms with Crippen LogP contribution in [0.4, 0.5) is 11.4 Å². The van der Waals surface area contributed by atoms with Gasteiger partial charge in [-0.05, 0) is 18.4 Å². The summed E-state index contributed by atoms with van der Waals surface area (Å²) in [5.41, 5.74) is 3.22. The van der Waals surface area contributed by atoms with Crippen LogP contribution in [0, 0.1) is 0 Å². The largest absolute Gasteiger partial charge is 0.486 e. The summed E-state index contributed by atoms with van der Waals surface area (Å²) in [5, 5.41) is 7.45. The van der Waals surface area contributed by atoms with E-state index in [1.54, 1.807) is 0 Å². The lowest BCUT2D eigenvalue weighted by molar-refractivity contribution is 0.172. The van der Waals surface area contributed by atoms with Crippen molar-refractivity contribution in [3.05, 3.63) is 48.0 Å². The Kier molecular flexibility index (Phi) is 4.15. The Balaban J connectivity index is 1.51. The third-order valence-corrected chi connectivity index (χ3v) is 5.73. The van der Waals surface area contributed by atoms with Gasteiger partial charge < -0.3 is 20.1 Å². The highest BCUT2D eigenvalue weighted by Gasteiger charge is 2.41. The van der Waals surface area contributed by atoms with E-state index in [-0.39, 0.29) is 5.54 Å². The quantitative estimate of drug-likeness (QED) is 0.819. The zero-order valence-electron chi connectivity index (χ0n) is 15.5. The minimum Gasteiger partial charge on any atom is -0.486 e.